The molecule has 0 fully saturated rings. The lowest BCUT2D eigenvalue weighted by Gasteiger charge is -2.05. The van der Waals surface area contributed by atoms with Gasteiger partial charge in [0.05, 0.1) is 16.2 Å². The maximum absolute atomic E-state index is 10.9. The Balaban J connectivity index is 2.18. The Bertz CT molecular complexity index is 830. The Morgan fingerprint density at radius 3 is 2.70 bits per heavy atom. The van der Waals surface area contributed by atoms with Gasteiger partial charge in [-0.2, -0.15) is 5.10 Å². The van der Waals surface area contributed by atoms with Crippen LogP contribution >= 0.6 is 23.2 Å². The van der Waals surface area contributed by atoms with Crippen molar-refractivity contribution in [2.75, 3.05) is 0 Å². The SMILES string of the molecule is O=C(O)c1cc(-c2ccc3nc(Cl)ccc3c2Cl)n[nH]1. The fourth-order valence-electron chi connectivity index (χ4n) is 1.91. The van der Waals surface area contributed by atoms with Crippen molar-refractivity contribution in [3.63, 3.8) is 0 Å². The number of pyridine rings is 1. The van der Waals surface area contributed by atoms with Crippen molar-refractivity contribution in [1.29, 1.82) is 0 Å². The molecule has 0 aliphatic heterocycles. The van der Waals surface area contributed by atoms with Gasteiger partial charge < -0.3 is 5.11 Å². The lowest BCUT2D eigenvalue weighted by Crippen LogP contribution is -1.95. The van der Waals surface area contributed by atoms with Gasteiger partial charge in [0.25, 0.3) is 0 Å². The number of aromatic nitrogens is 3. The molecule has 0 amide bonds. The van der Waals surface area contributed by atoms with Crippen LogP contribution in [0.15, 0.2) is 30.3 Å². The van der Waals surface area contributed by atoms with Crippen LogP contribution < -0.4 is 0 Å². The zero-order valence-corrected chi connectivity index (χ0v) is 11.4. The number of hydrogen-bond donors (Lipinski definition) is 2. The number of carboxylic acids is 1. The van der Waals surface area contributed by atoms with Crippen LogP contribution in [0.1, 0.15) is 10.5 Å². The van der Waals surface area contributed by atoms with E-state index < -0.39 is 5.97 Å². The Hall–Kier alpha value is -2.11. The number of nitrogens with one attached hydrogen (secondary N) is 1. The van der Waals surface area contributed by atoms with Gasteiger partial charge in [-0.3, -0.25) is 5.10 Å². The molecule has 3 rings (SSSR count). The van der Waals surface area contributed by atoms with Crippen LogP contribution in [0.4, 0.5) is 0 Å². The lowest BCUT2D eigenvalue weighted by atomic mass is 10.1. The van der Waals surface area contributed by atoms with E-state index in [2.05, 4.69) is 15.2 Å². The minimum absolute atomic E-state index is 0.00500. The van der Waals surface area contributed by atoms with Crippen LogP contribution in [-0.2, 0) is 0 Å². The minimum Gasteiger partial charge on any atom is -0.477 e. The summed E-state index contributed by atoms with van der Waals surface area (Å²) in [4.78, 5) is 15.0. The second kappa shape index (κ2) is 4.77. The Morgan fingerprint density at radius 1 is 1.20 bits per heavy atom. The highest BCUT2D eigenvalue weighted by atomic mass is 35.5. The fraction of sp³-hybridized carbons (Fsp3) is 0. The highest BCUT2D eigenvalue weighted by molar-refractivity contribution is 6.38. The molecule has 2 aromatic heterocycles. The highest BCUT2D eigenvalue weighted by Gasteiger charge is 2.14. The molecule has 2 N–H and O–H groups in total. The molecule has 2 heterocycles. The van der Waals surface area contributed by atoms with Gasteiger partial charge in [0.2, 0.25) is 0 Å². The number of aromatic amines is 1. The maximum atomic E-state index is 10.9. The summed E-state index contributed by atoms with van der Waals surface area (Å²) in [6.07, 6.45) is 0. The zero-order valence-electron chi connectivity index (χ0n) is 9.89. The van der Waals surface area contributed by atoms with Crippen molar-refractivity contribution in [2.24, 2.45) is 0 Å². The summed E-state index contributed by atoms with van der Waals surface area (Å²) in [7, 11) is 0. The first-order chi connectivity index (χ1) is 9.56. The van der Waals surface area contributed by atoms with Gasteiger partial charge in [-0.1, -0.05) is 23.2 Å². The molecule has 0 bridgehead atoms. The molecule has 0 aliphatic carbocycles. The summed E-state index contributed by atoms with van der Waals surface area (Å²) in [6.45, 7) is 0. The maximum Gasteiger partial charge on any atom is 0.353 e. The second-order valence-corrected chi connectivity index (χ2v) is 4.86. The summed E-state index contributed by atoms with van der Waals surface area (Å²) in [5, 5.41) is 16.9. The summed E-state index contributed by atoms with van der Waals surface area (Å²) >= 11 is 12.2. The number of aromatic carboxylic acids is 1. The molecule has 7 heteroatoms. The monoisotopic (exact) mass is 307 g/mol. The molecule has 0 aliphatic rings. The van der Waals surface area contributed by atoms with E-state index in [0.29, 0.717) is 26.9 Å². The number of benzene rings is 1. The second-order valence-electron chi connectivity index (χ2n) is 4.10. The zero-order chi connectivity index (χ0) is 14.3. The average molecular weight is 308 g/mol. The van der Waals surface area contributed by atoms with Gasteiger partial charge >= 0.3 is 5.97 Å². The smallest absolute Gasteiger partial charge is 0.353 e. The van der Waals surface area contributed by atoms with Crippen LogP contribution in [0, 0.1) is 0 Å². The van der Waals surface area contributed by atoms with Crippen molar-refractivity contribution < 1.29 is 9.90 Å². The van der Waals surface area contributed by atoms with Gasteiger partial charge in [0, 0.05) is 10.9 Å². The molecular weight excluding hydrogens is 301 g/mol. The van der Waals surface area contributed by atoms with E-state index in [1.807, 2.05) is 0 Å². The summed E-state index contributed by atoms with van der Waals surface area (Å²) < 4.78 is 0. The molecule has 0 radical (unpaired) electrons. The average Bonchev–Trinajstić information content (AvgIpc) is 2.88. The number of rotatable bonds is 2. The molecule has 3 aromatic rings. The van der Waals surface area contributed by atoms with E-state index >= 15 is 0 Å². The van der Waals surface area contributed by atoms with E-state index in [0.717, 1.165) is 5.39 Å². The molecule has 100 valence electrons. The molecule has 20 heavy (non-hydrogen) atoms. The topological polar surface area (TPSA) is 78.9 Å². The first-order valence-electron chi connectivity index (χ1n) is 5.60. The lowest BCUT2D eigenvalue weighted by molar-refractivity contribution is 0.0690. The van der Waals surface area contributed by atoms with Gasteiger partial charge in [-0.05, 0) is 30.3 Å². The van der Waals surface area contributed by atoms with Gasteiger partial charge in [-0.15, -0.1) is 0 Å². The third kappa shape index (κ3) is 2.11. The van der Waals surface area contributed by atoms with E-state index in [1.54, 1.807) is 24.3 Å². The number of fused-ring (bicyclic) bond motifs is 1. The van der Waals surface area contributed by atoms with Crippen molar-refractivity contribution in [3.8, 4) is 11.3 Å². The Morgan fingerprint density at radius 2 is 2.00 bits per heavy atom. The van der Waals surface area contributed by atoms with E-state index in [-0.39, 0.29) is 5.69 Å². The van der Waals surface area contributed by atoms with Gasteiger partial charge in [0.15, 0.2) is 0 Å². The minimum atomic E-state index is -1.07. The van der Waals surface area contributed by atoms with E-state index in [4.69, 9.17) is 28.3 Å². The van der Waals surface area contributed by atoms with Crippen molar-refractivity contribution in [3.05, 3.63) is 46.2 Å². The number of hydrogen-bond acceptors (Lipinski definition) is 3. The number of H-pyrrole nitrogens is 1. The van der Waals surface area contributed by atoms with Gasteiger partial charge in [0.1, 0.15) is 10.8 Å². The predicted octanol–water partition coefficient (Wildman–Crippen LogP) is 3.63. The van der Waals surface area contributed by atoms with Crippen molar-refractivity contribution >= 4 is 40.1 Å². The molecule has 0 atom stereocenters. The van der Waals surface area contributed by atoms with Crippen LogP contribution in [0.2, 0.25) is 10.2 Å². The first kappa shape index (κ1) is 12.9. The van der Waals surface area contributed by atoms with Crippen molar-refractivity contribution in [2.45, 2.75) is 0 Å². The number of nitrogens with zero attached hydrogens (tertiary/aromatic N) is 2. The van der Waals surface area contributed by atoms with Crippen LogP contribution in [0.3, 0.4) is 0 Å². The number of halogens is 2. The van der Waals surface area contributed by atoms with Crippen LogP contribution in [0.25, 0.3) is 22.2 Å². The molecule has 5 nitrogen and oxygen atoms in total. The van der Waals surface area contributed by atoms with Gasteiger partial charge in [-0.25, -0.2) is 9.78 Å². The van der Waals surface area contributed by atoms with Crippen LogP contribution in [0.5, 0.6) is 0 Å². The third-order valence-corrected chi connectivity index (χ3v) is 3.47. The fourth-order valence-corrected chi connectivity index (χ4v) is 2.38. The first-order valence-corrected chi connectivity index (χ1v) is 6.35. The summed E-state index contributed by atoms with van der Waals surface area (Å²) in [6, 6.07) is 8.33. The molecule has 0 unspecified atom stereocenters. The molecule has 0 saturated heterocycles. The molecule has 1 aromatic carbocycles. The largest absolute Gasteiger partial charge is 0.477 e. The quantitative estimate of drug-likeness (QED) is 0.709. The molecule has 0 saturated carbocycles. The van der Waals surface area contributed by atoms with Crippen LogP contribution in [-0.4, -0.2) is 26.3 Å². The Labute approximate surface area is 123 Å². The predicted molar refractivity (Wildman–Crippen MR) is 76.3 cm³/mol. The highest BCUT2D eigenvalue weighted by Crippen LogP contribution is 2.33. The Kier molecular flexibility index (Phi) is 3.08. The van der Waals surface area contributed by atoms with E-state index in [1.165, 1.54) is 6.07 Å². The molecule has 0 spiro atoms. The summed E-state index contributed by atoms with van der Waals surface area (Å²) in [5.41, 5.74) is 1.77. The standard InChI is InChI=1S/C13H7Cl2N3O2/c14-11-4-2-6-8(16-11)3-1-7(12(6)15)9-5-10(13(19)20)18-17-9/h1-5H,(H,17,18)(H,19,20). The third-order valence-electron chi connectivity index (χ3n) is 2.86. The summed E-state index contributed by atoms with van der Waals surface area (Å²) in [5.74, 6) is -1.07. The molecular formula is C13H7Cl2N3O2. The number of carboxylic acid groups (broad SMARTS) is 1. The number of carbonyl (C=O) groups is 1. The van der Waals surface area contributed by atoms with Crippen molar-refractivity contribution in [1.82, 2.24) is 15.2 Å². The van der Waals surface area contributed by atoms with E-state index in [9.17, 15) is 4.79 Å². The normalized spacial score (nSPS) is 10.9.